The zero-order valence-electron chi connectivity index (χ0n) is 19.4. The van der Waals surface area contributed by atoms with Crippen molar-refractivity contribution < 1.29 is 53.8 Å². The first-order chi connectivity index (χ1) is 16.5. The number of hydrogen-bond acceptors (Lipinski definition) is 11. The van der Waals surface area contributed by atoms with Crippen LogP contribution < -0.4 is 0 Å². The molecule has 0 unspecified atom stereocenters. The van der Waals surface area contributed by atoms with E-state index in [0.717, 1.165) is 0 Å². The summed E-state index contributed by atoms with van der Waals surface area (Å²) >= 11 is 0. The molecule has 11 nitrogen and oxygen atoms in total. The summed E-state index contributed by atoms with van der Waals surface area (Å²) in [5.41, 5.74) is 1.06. The fourth-order valence-corrected chi connectivity index (χ4v) is 5.18. The average molecular weight is 494 g/mol. The number of aliphatic hydroxyl groups is 4. The lowest BCUT2D eigenvalue weighted by atomic mass is 9.79. The molecule has 0 saturated carbocycles. The highest BCUT2D eigenvalue weighted by Crippen LogP contribution is 2.47. The zero-order chi connectivity index (χ0) is 25.6. The lowest BCUT2D eigenvalue weighted by molar-refractivity contribution is -0.299. The highest BCUT2D eigenvalue weighted by molar-refractivity contribution is 6.08. The minimum Gasteiger partial charge on any atom is -0.461 e. The molecule has 4 N–H and O–H groups in total. The van der Waals surface area contributed by atoms with E-state index in [9.17, 15) is 34.8 Å². The summed E-state index contributed by atoms with van der Waals surface area (Å²) in [4.78, 5) is 37.6. The van der Waals surface area contributed by atoms with Gasteiger partial charge in [0.25, 0.3) is 0 Å². The molecule has 0 spiro atoms. The van der Waals surface area contributed by atoms with Crippen molar-refractivity contribution in [2.75, 3.05) is 13.2 Å². The van der Waals surface area contributed by atoms with Crippen LogP contribution in [0.3, 0.4) is 0 Å². The molecule has 2 fully saturated rings. The van der Waals surface area contributed by atoms with E-state index in [2.05, 4.69) is 6.58 Å². The summed E-state index contributed by atoms with van der Waals surface area (Å²) in [5, 5.41) is 39.6. The maximum atomic E-state index is 12.8. The molecule has 2 aliphatic carbocycles. The molecule has 10 atom stereocenters. The van der Waals surface area contributed by atoms with Gasteiger partial charge in [0.15, 0.2) is 12.1 Å². The summed E-state index contributed by atoms with van der Waals surface area (Å²) in [6.45, 7) is 5.97. The van der Waals surface area contributed by atoms with E-state index in [-0.39, 0.29) is 24.4 Å². The molecule has 0 bridgehead atoms. The van der Waals surface area contributed by atoms with Crippen molar-refractivity contribution in [3.8, 4) is 0 Å². The van der Waals surface area contributed by atoms with Crippen LogP contribution >= 0.6 is 0 Å². The molecule has 2 saturated heterocycles. The summed E-state index contributed by atoms with van der Waals surface area (Å²) in [6.07, 6.45) is -5.49. The number of fused-ring (bicyclic) bond motifs is 3. The van der Waals surface area contributed by atoms with Crippen molar-refractivity contribution in [2.45, 2.75) is 63.2 Å². The van der Waals surface area contributed by atoms with Crippen molar-refractivity contribution >= 4 is 17.7 Å². The highest BCUT2D eigenvalue weighted by atomic mass is 16.7. The van der Waals surface area contributed by atoms with Crippen LogP contribution in [0.5, 0.6) is 0 Å². The number of aliphatic hydroxyl groups excluding tert-OH is 4. The first-order valence-corrected chi connectivity index (χ1v) is 11.5. The molecular weight excluding hydrogens is 464 g/mol. The van der Waals surface area contributed by atoms with Gasteiger partial charge in [0.2, 0.25) is 0 Å². The van der Waals surface area contributed by atoms with Gasteiger partial charge in [-0.3, -0.25) is 9.59 Å². The quantitative estimate of drug-likeness (QED) is 0.262. The minimum atomic E-state index is -1.61. The molecule has 2 aliphatic heterocycles. The van der Waals surface area contributed by atoms with Gasteiger partial charge in [-0.05, 0) is 18.6 Å². The molecular formula is C24H30O11. The number of esters is 2. The fraction of sp³-hybridized carbons (Fsp3) is 0.625. The van der Waals surface area contributed by atoms with E-state index in [1.807, 2.05) is 0 Å². The van der Waals surface area contributed by atoms with Crippen LogP contribution in [0.25, 0.3) is 0 Å². The summed E-state index contributed by atoms with van der Waals surface area (Å²) < 4.78 is 22.3. The zero-order valence-corrected chi connectivity index (χ0v) is 19.4. The van der Waals surface area contributed by atoms with Crippen LogP contribution in [0.1, 0.15) is 20.3 Å². The Bertz CT molecular complexity index is 967. The molecule has 0 aromatic rings. The van der Waals surface area contributed by atoms with Gasteiger partial charge in [0.05, 0.1) is 19.1 Å². The Morgan fingerprint density at radius 2 is 1.91 bits per heavy atom. The van der Waals surface area contributed by atoms with Crippen LogP contribution in [0, 0.1) is 17.8 Å². The number of ketones is 1. The maximum absolute atomic E-state index is 12.8. The molecule has 192 valence electrons. The van der Waals surface area contributed by atoms with Gasteiger partial charge in [-0.15, -0.1) is 0 Å². The number of carbonyl (C=O) groups is 3. The highest BCUT2D eigenvalue weighted by Gasteiger charge is 2.55. The van der Waals surface area contributed by atoms with Gasteiger partial charge in [0.1, 0.15) is 36.6 Å². The molecule has 35 heavy (non-hydrogen) atoms. The molecule has 4 rings (SSSR count). The average Bonchev–Trinajstić information content (AvgIpc) is 3.22. The van der Waals surface area contributed by atoms with E-state index in [0.29, 0.717) is 11.1 Å². The normalized spacial score (nSPS) is 40.7. The van der Waals surface area contributed by atoms with Crippen molar-refractivity contribution in [1.29, 1.82) is 0 Å². The SMILES string of the molecule is C=C(C)C(=O)O[C@H]1CC=C2C(=O)C=C(CO[C@H]3O[C@H](CO)[C@@H](O)[C@H](O)[C@H]3O)[C@@H]2[C@H]2OC(=O)[C@@H](C)[C@@H]21. The van der Waals surface area contributed by atoms with Gasteiger partial charge >= 0.3 is 11.9 Å². The Morgan fingerprint density at radius 1 is 1.20 bits per heavy atom. The number of hydrogen-bond donors (Lipinski definition) is 4. The van der Waals surface area contributed by atoms with Gasteiger partial charge < -0.3 is 39.4 Å². The Balaban J connectivity index is 1.55. The lowest BCUT2D eigenvalue weighted by Gasteiger charge is -2.39. The maximum Gasteiger partial charge on any atom is 0.333 e. The van der Waals surface area contributed by atoms with E-state index < -0.39 is 79.2 Å². The second-order valence-electron chi connectivity index (χ2n) is 9.46. The monoisotopic (exact) mass is 494 g/mol. The second kappa shape index (κ2) is 9.92. The standard InChI is InChI=1S/C24H30O11/c1-9(2)22(30)33-14-5-4-12-13(26)6-11(17(12)21-16(14)10(3)23(31)35-21)8-32-24-20(29)19(28)18(27)15(7-25)34-24/h4,6,10,14-21,24-25,27-29H,1,5,7-8H2,2-3H3/t10-,14-,15+,16+,17-,18+,19-,20+,21-,24-/m0/s1. The van der Waals surface area contributed by atoms with Gasteiger partial charge in [0, 0.05) is 29.4 Å². The number of ether oxygens (including phenoxy) is 4. The summed E-state index contributed by atoms with van der Waals surface area (Å²) in [5.74, 6) is -3.13. The number of rotatable bonds is 6. The largest absolute Gasteiger partial charge is 0.461 e. The van der Waals surface area contributed by atoms with Crippen molar-refractivity contribution in [3.63, 3.8) is 0 Å². The Labute approximate surface area is 201 Å². The first-order valence-electron chi connectivity index (χ1n) is 11.5. The number of carbonyl (C=O) groups excluding carboxylic acids is 3. The molecule has 0 aromatic carbocycles. The molecule has 11 heteroatoms. The second-order valence-corrected chi connectivity index (χ2v) is 9.46. The molecule has 0 radical (unpaired) electrons. The Morgan fingerprint density at radius 3 is 2.57 bits per heavy atom. The van der Waals surface area contributed by atoms with Crippen LogP contribution in [0.2, 0.25) is 0 Å². The summed E-state index contributed by atoms with van der Waals surface area (Å²) in [7, 11) is 0. The van der Waals surface area contributed by atoms with Crippen molar-refractivity contribution in [2.24, 2.45) is 17.8 Å². The van der Waals surface area contributed by atoms with Gasteiger partial charge in [-0.25, -0.2) is 4.79 Å². The third-order valence-corrected chi connectivity index (χ3v) is 7.11. The molecule has 0 aromatic heterocycles. The van der Waals surface area contributed by atoms with E-state index in [4.69, 9.17) is 18.9 Å². The van der Waals surface area contributed by atoms with Crippen LogP contribution in [-0.4, -0.2) is 94.3 Å². The smallest absolute Gasteiger partial charge is 0.333 e. The van der Waals surface area contributed by atoms with Gasteiger partial charge in [-0.2, -0.15) is 0 Å². The lowest BCUT2D eigenvalue weighted by Crippen LogP contribution is -2.59. The van der Waals surface area contributed by atoms with Gasteiger partial charge in [-0.1, -0.05) is 19.6 Å². The van der Waals surface area contributed by atoms with Crippen LogP contribution in [0.4, 0.5) is 0 Å². The van der Waals surface area contributed by atoms with Crippen molar-refractivity contribution in [1.82, 2.24) is 0 Å². The van der Waals surface area contributed by atoms with Crippen molar-refractivity contribution in [3.05, 3.63) is 35.5 Å². The Hall–Kier alpha value is -2.41. The number of allylic oxidation sites excluding steroid dienone is 1. The third kappa shape index (κ3) is 4.59. The Kier molecular flexibility index (Phi) is 7.28. The molecule has 4 aliphatic rings. The first kappa shape index (κ1) is 25.7. The molecule has 2 heterocycles. The molecule has 0 amide bonds. The topological polar surface area (TPSA) is 169 Å². The predicted molar refractivity (Wildman–Crippen MR) is 116 cm³/mol. The van der Waals surface area contributed by atoms with E-state index in [1.165, 1.54) is 13.0 Å². The van der Waals surface area contributed by atoms with Crippen LogP contribution in [-0.2, 0) is 33.3 Å². The summed E-state index contributed by atoms with van der Waals surface area (Å²) in [6, 6.07) is 0. The van der Waals surface area contributed by atoms with Crippen LogP contribution in [0.15, 0.2) is 35.5 Å². The third-order valence-electron chi connectivity index (χ3n) is 7.11. The fourth-order valence-electron chi connectivity index (χ4n) is 5.18. The van der Waals surface area contributed by atoms with E-state index in [1.54, 1.807) is 13.0 Å². The predicted octanol–water partition coefficient (Wildman–Crippen LogP) is -1.08. The van der Waals surface area contributed by atoms with E-state index >= 15 is 0 Å². The minimum absolute atomic E-state index is 0.209.